The van der Waals surface area contributed by atoms with Gasteiger partial charge in [-0.25, -0.2) is 4.39 Å². The predicted molar refractivity (Wildman–Crippen MR) is 83.8 cm³/mol. The third-order valence-corrected chi connectivity index (χ3v) is 4.13. The first-order chi connectivity index (χ1) is 10.1. The van der Waals surface area contributed by atoms with E-state index in [-0.39, 0.29) is 11.9 Å². The second-order valence-corrected chi connectivity index (χ2v) is 5.86. The Bertz CT molecular complexity index is 657. The molecule has 0 amide bonds. The first-order valence-corrected chi connectivity index (χ1v) is 8.00. The summed E-state index contributed by atoms with van der Waals surface area (Å²) in [5, 5.41) is 0.603. The molecule has 4 heteroatoms. The van der Waals surface area contributed by atoms with Crippen molar-refractivity contribution in [2.45, 2.75) is 24.8 Å². The summed E-state index contributed by atoms with van der Waals surface area (Å²) in [6.07, 6.45) is 0.815. The van der Waals surface area contributed by atoms with Gasteiger partial charge in [-0.2, -0.15) is 0 Å². The molecule has 0 bridgehead atoms. The van der Waals surface area contributed by atoms with E-state index in [1.165, 1.54) is 23.3 Å². The number of hydrogen-bond donors (Lipinski definition) is 0. The highest BCUT2D eigenvalue weighted by atomic mass is 79.9. The van der Waals surface area contributed by atoms with Gasteiger partial charge in [-0.3, -0.25) is 0 Å². The smallest absolute Gasteiger partial charge is 0.137 e. The Morgan fingerprint density at radius 2 is 2.14 bits per heavy atom. The maximum absolute atomic E-state index is 13.4. The zero-order valence-corrected chi connectivity index (χ0v) is 13.3. The number of hydrogen-bond acceptors (Lipinski definition) is 2. The normalized spacial score (nSPS) is 16.4. The lowest BCUT2D eigenvalue weighted by Gasteiger charge is -2.13. The van der Waals surface area contributed by atoms with Crippen LogP contribution in [0.1, 0.15) is 16.7 Å². The Morgan fingerprint density at radius 1 is 1.29 bits per heavy atom. The van der Waals surface area contributed by atoms with E-state index in [9.17, 15) is 4.39 Å². The molecule has 21 heavy (non-hydrogen) atoms. The van der Waals surface area contributed by atoms with Crippen LogP contribution in [0.4, 0.5) is 4.39 Å². The molecule has 2 nitrogen and oxygen atoms in total. The molecule has 0 fully saturated rings. The van der Waals surface area contributed by atoms with Crippen molar-refractivity contribution in [3.63, 3.8) is 0 Å². The molecule has 0 radical (unpaired) electrons. The first-order valence-electron chi connectivity index (χ1n) is 6.88. The fourth-order valence-electron chi connectivity index (χ4n) is 2.51. The molecule has 2 aromatic rings. The maximum atomic E-state index is 13.4. The molecule has 0 saturated carbocycles. The Balaban J connectivity index is 1.63. The molecule has 1 aliphatic rings. The summed E-state index contributed by atoms with van der Waals surface area (Å²) in [7, 11) is 0. The number of fused-ring (bicyclic) bond motifs is 1. The molecule has 3 rings (SSSR count). The standard InChI is InChI=1S/C17H16BrFO2/c1-11-2-3-17-13(4-11)7-16(21-17)10-20-15-6-12(9-18)5-14(19)8-15/h2-6,8,16H,7,9-10H2,1H3. The minimum absolute atomic E-state index is 0.0162. The highest BCUT2D eigenvalue weighted by Crippen LogP contribution is 2.30. The summed E-state index contributed by atoms with van der Waals surface area (Å²) >= 11 is 3.32. The van der Waals surface area contributed by atoms with Gasteiger partial charge in [0.15, 0.2) is 0 Å². The van der Waals surface area contributed by atoms with Gasteiger partial charge in [-0.05, 0) is 36.2 Å². The summed E-state index contributed by atoms with van der Waals surface area (Å²) in [5.74, 6) is 1.18. The second kappa shape index (κ2) is 6.06. The number of aryl methyl sites for hydroxylation is 1. The number of halogens is 2. The van der Waals surface area contributed by atoms with Crippen LogP contribution in [0, 0.1) is 12.7 Å². The van der Waals surface area contributed by atoms with Gasteiger partial charge in [0, 0.05) is 17.8 Å². The van der Waals surface area contributed by atoms with Crippen LogP contribution in [0.25, 0.3) is 0 Å². The lowest BCUT2D eigenvalue weighted by atomic mass is 10.1. The monoisotopic (exact) mass is 350 g/mol. The highest BCUT2D eigenvalue weighted by molar-refractivity contribution is 9.08. The SMILES string of the molecule is Cc1ccc2c(c1)CC(COc1cc(F)cc(CBr)c1)O2. The Kier molecular flexibility index (Phi) is 4.15. The Morgan fingerprint density at radius 3 is 2.95 bits per heavy atom. The van der Waals surface area contributed by atoms with E-state index in [1.54, 1.807) is 0 Å². The van der Waals surface area contributed by atoms with Gasteiger partial charge >= 0.3 is 0 Å². The van der Waals surface area contributed by atoms with E-state index >= 15 is 0 Å². The van der Waals surface area contributed by atoms with Gasteiger partial charge in [0.2, 0.25) is 0 Å². The molecule has 2 aromatic carbocycles. The van der Waals surface area contributed by atoms with Crippen LogP contribution in [0.5, 0.6) is 11.5 Å². The fraction of sp³-hybridized carbons (Fsp3) is 0.294. The molecule has 0 spiro atoms. The molecule has 110 valence electrons. The van der Waals surface area contributed by atoms with Crippen LogP contribution >= 0.6 is 15.9 Å². The molecule has 0 aromatic heterocycles. The second-order valence-electron chi connectivity index (χ2n) is 5.29. The fourth-order valence-corrected chi connectivity index (χ4v) is 2.84. The van der Waals surface area contributed by atoms with Crippen molar-refractivity contribution >= 4 is 15.9 Å². The van der Waals surface area contributed by atoms with Crippen molar-refractivity contribution < 1.29 is 13.9 Å². The molecule has 1 atom stereocenters. The molecular weight excluding hydrogens is 335 g/mol. The largest absolute Gasteiger partial charge is 0.490 e. The number of ether oxygens (including phenoxy) is 2. The number of rotatable bonds is 4. The lowest BCUT2D eigenvalue weighted by Crippen LogP contribution is -2.22. The molecule has 1 unspecified atom stereocenters. The third-order valence-electron chi connectivity index (χ3n) is 3.48. The maximum Gasteiger partial charge on any atom is 0.137 e. The first kappa shape index (κ1) is 14.4. The van der Waals surface area contributed by atoms with Crippen molar-refractivity contribution in [3.05, 3.63) is 58.9 Å². The topological polar surface area (TPSA) is 18.5 Å². The number of benzene rings is 2. The van der Waals surface area contributed by atoms with E-state index in [0.29, 0.717) is 17.7 Å². The minimum atomic E-state index is -0.284. The van der Waals surface area contributed by atoms with Gasteiger partial charge in [0.25, 0.3) is 0 Å². The van der Waals surface area contributed by atoms with Crippen LogP contribution in [0.3, 0.4) is 0 Å². The average molecular weight is 351 g/mol. The van der Waals surface area contributed by atoms with Crippen molar-refractivity contribution in [3.8, 4) is 11.5 Å². The third kappa shape index (κ3) is 3.38. The minimum Gasteiger partial charge on any atom is -0.490 e. The summed E-state index contributed by atoms with van der Waals surface area (Å²) < 4.78 is 25.0. The van der Waals surface area contributed by atoms with Gasteiger partial charge in [0.1, 0.15) is 30.0 Å². The summed E-state index contributed by atoms with van der Waals surface area (Å²) in [4.78, 5) is 0. The molecule has 1 aliphatic heterocycles. The van der Waals surface area contributed by atoms with Gasteiger partial charge < -0.3 is 9.47 Å². The van der Waals surface area contributed by atoms with Gasteiger partial charge in [-0.1, -0.05) is 33.6 Å². The van der Waals surface area contributed by atoms with E-state index < -0.39 is 0 Å². The summed E-state index contributed by atoms with van der Waals surface area (Å²) in [5.41, 5.74) is 3.30. The van der Waals surface area contributed by atoms with Gasteiger partial charge in [-0.15, -0.1) is 0 Å². The summed E-state index contributed by atoms with van der Waals surface area (Å²) in [6, 6.07) is 10.9. The predicted octanol–water partition coefficient (Wildman–Crippen LogP) is 4.41. The Hall–Kier alpha value is -1.55. The average Bonchev–Trinajstić information content (AvgIpc) is 2.86. The summed E-state index contributed by atoms with van der Waals surface area (Å²) in [6.45, 7) is 2.48. The van der Waals surface area contributed by atoms with Crippen molar-refractivity contribution in [2.75, 3.05) is 6.61 Å². The quantitative estimate of drug-likeness (QED) is 0.760. The van der Waals surface area contributed by atoms with E-state index in [2.05, 4.69) is 28.9 Å². The van der Waals surface area contributed by atoms with E-state index in [1.807, 2.05) is 18.2 Å². The lowest BCUT2D eigenvalue weighted by molar-refractivity contribution is 0.148. The van der Waals surface area contributed by atoms with Crippen LogP contribution in [0.15, 0.2) is 36.4 Å². The van der Waals surface area contributed by atoms with E-state index in [0.717, 1.165) is 17.7 Å². The van der Waals surface area contributed by atoms with E-state index in [4.69, 9.17) is 9.47 Å². The molecule has 0 aliphatic carbocycles. The van der Waals surface area contributed by atoms with Gasteiger partial charge in [0.05, 0.1) is 0 Å². The van der Waals surface area contributed by atoms with Crippen molar-refractivity contribution in [1.29, 1.82) is 0 Å². The van der Waals surface area contributed by atoms with Crippen LogP contribution in [-0.4, -0.2) is 12.7 Å². The van der Waals surface area contributed by atoms with Crippen LogP contribution in [0.2, 0.25) is 0 Å². The zero-order valence-electron chi connectivity index (χ0n) is 11.7. The zero-order chi connectivity index (χ0) is 14.8. The highest BCUT2D eigenvalue weighted by Gasteiger charge is 2.23. The Labute approximate surface area is 132 Å². The number of alkyl halides is 1. The van der Waals surface area contributed by atoms with Crippen molar-refractivity contribution in [1.82, 2.24) is 0 Å². The van der Waals surface area contributed by atoms with Crippen LogP contribution < -0.4 is 9.47 Å². The molecule has 0 saturated heterocycles. The van der Waals surface area contributed by atoms with Crippen molar-refractivity contribution in [2.24, 2.45) is 0 Å². The van der Waals surface area contributed by atoms with Crippen LogP contribution in [-0.2, 0) is 11.8 Å². The molecule has 1 heterocycles. The molecule has 0 N–H and O–H groups in total. The molecular formula is C17H16BrFO2.